The number of rotatable bonds is 66. The Hall–Kier alpha value is -2.63. The predicted octanol–water partition coefficient (Wildman–Crippen LogP) is 24.5. The van der Waals surface area contributed by atoms with Crippen LogP contribution in [0.1, 0.15) is 387 Å². The van der Waals surface area contributed by atoms with Crippen molar-refractivity contribution in [1.29, 1.82) is 0 Å². The first-order valence-electron chi connectivity index (χ1n) is 35.6. The van der Waals surface area contributed by atoms with Crippen molar-refractivity contribution in [3.63, 3.8) is 0 Å². The molecule has 0 saturated heterocycles. The van der Waals surface area contributed by atoms with Crippen LogP contribution in [-0.2, 0) is 28.6 Å². The van der Waals surface area contributed by atoms with Crippen molar-refractivity contribution in [2.75, 3.05) is 13.2 Å². The Kier molecular flexibility index (Phi) is 66.6. The highest BCUT2D eigenvalue weighted by Crippen LogP contribution is 2.18. The van der Waals surface area contributed by atoms with Crippen LogP contribution in [-0.4, -0.2) is 37.2 Å². The van der Waals surface area contributed by atoms with E-state index in [0.717, 1.165) is 77.0 Å². The largest absolute Gasteiger partial charge is 0.462 e. The smallest absolute Gasteiger partial charge is 0.306 e. The Morgan fingerprint density at radius 3 is 0.738 bits per heavy atom. The molecule has 0 aromatic carbocycles. The van der Waals surface area contributed by atoms with E-state index < -0.39 is 6.10 Å². The van der Waals surface area contributed by atoms with Crippen molar-refractivity contribution in [3.05, 3.63) is 48.6 Å². The lowest BCUT2D eigenvalue weighted by Crippen LogP contribution is -2.30. The number of carbonyl (C=O) groups excluding carboxylic acids is 3. The van der Waals surface area contributed by atoms with Crippen LogP contribution in [0.15, 0.2) is 48.6 Å². The molecule has 0 aromatic heterocycles. The van der Waals surface area contributed by atoms with Gasteiger partial charge < -0.3 is 14.2 Å². The van der Waals surface area contributed by atoms with E-state index in [0.29, 0.717) is 19.3 Å². The third kappa shape index (κ3) is 66.2. The number of allylic oxidation sites excluding steroid dienone is 8. The van der Waals surface area contributed by atoms with Gasteiger partial charge in [-0.3, -0.25) is 14.4 Å². The highest BCUT2D eigenvalue weighted by atomic mass is 16.6. The topological polar surface area (TPSA) is 78.9 Å². The van der Waals surface area contributed by atoms with E-state index in [4.69, 9.17) is 14.2 Å². The van der Waals surface area contributed by atoms with Gasteiger partial charge in [-0.1, -0.05) is 333 Å². The Balaban J connectivity index is 4.11. The van der Waals surface area contributed by atoms with Crippen LogP contribution in [0.25, 0.3) is 0 Å². The van der Waals surface area contributed by atoms with Crippen LogP contribution >= 0.6 is 0 Å². The van der Waals surface area contributed by atoms with Crippen molar-refractivity contribution < 1.29 is 28.6 Å². The maximum absolute atomic E-state index is 12.9. The molecular weight excluding hydrogens is 985 g/mol. The maximum Gasteiger partial charge on any atom is 0.306 e. The standard InChI is InChI=1S/C74H136O6/c1-4-7-10-13-16-19-22-25-27-29-30-31-32-33-34-35-36-37-38-39-40-41-42-43-44-46-47-49-52-55-58-61-64-67-73(76)79-70-71(69-78-72(75)66-63-60-57-54-51-24-21-18-15-12-9-6-3)80-74(77)68-65-62-59-56-53-50-48-45-28-26-23-20-17-14-11-8-5-2/h18,21-22,25,29-30,32-33,71H,4-17,19-20,23-24,26-28,31,34-70H2,1-3H3/b21-18-,25-22-,30-29-,33-32-. The number of ether oxygens (including phenoxy) is 3. The molecule has 6 heteroatoms. The third-order valence-corrected chi connectivity index (χ3v) is 16.1. The van der Waals surface area contributed by atoms with Crippen LogP contribution in [0.5, 0.6) is 0 Å². The van der Waals surface area contributed by atoms with Gasteiger partial charge in [0.2, 0.25) is 0 Å². The highest BCUT2D eigenvalue weighted by molar-refractivity contribution is 5.71. The number of carbonyl (C=O) groups is 3. The van der Waals surface area contributed by atoms with Crippen molar-refractivity contribution in [2.45, 2.75) is 393 Å². The van der Waals surface area contributed by atoms with Crippen molar-refractivity contribution in [2.24, 2.45) is 0 Å². The van der Waals surface area contributed by atoms with Crippen LogP contribution < -0.4 is 0 Å². The molecule has 0 aromatic rings. The van der Waals surface area contributed by atoms with E-state index in [-0.39, 0.29) is 31.1 Å². The molecule has 1 unspecified atom stereocenters. The Morgan fingerprint density at radius 1 is 0.250 bits per heavy atom. The molecule has 0 aliphatic carbocycles. The molecular formula is C74H136O6. The van der Waals surface area contributed by atoms with Crippen molar-refractivity contribution in [1.82, 2.24) is 0 Å². The lowest BCUT2D eigenvalue weighted by Gasteiger charge is -2.18. The summed E-state index contributed by atoms with van der Waals surface area (Å²) in [6, 6.07) is 0. The second-order valence-electron chi connectivity index (χ2n) is 24.1. The summed E-state index contributed by atoms with van der Waals surface area (Å²) in [6.45, 7) is 6.66. The fourth-order valence-corrected chi connectivity index (χ4v) is 10.7. The van der Waals surface area contributed by atoms with Gasteiger partial charge in [0.25, 0.3) is 0 Å². The van der Waals surface area contributed by atoms with E-state index in [2.05, 4.69) is 69.4 Å². The second-order valence-corrected chi connectivity index (χ2v) is 24.1. The van der Waals surface area contributed by atoms with Gasteiger partial charge >= 0.3 is 17.9 Å². The Labute approximate surface area is 498 Å². The molecule has 0 bridgehead atoms. The molecule has 0 N–H and O–H groups in total. The molecule has 0 amide bonds. The quantitative estimate of drug-likeness (QED) is 0.0261. The summed E-state index contributed by atoms with van der Waals surface area (Å²) in [6.07, 6.45) is 87.2. The zero-order valence-electron chi connectivity index (χ0n) is 53.9. The normalized spacial score (nSPS) is 12.3. The monoisotopic (exact) mass is 1120 g/mol. The second kappa shape index (κ2) is 68.9. The predicted molar refractivity (Wildman–Crippen MR) is 349 cm³/mol. The molecule has 468 valence electrons. The van der Waals surface area contributed by atoms with E-state index >= 15 is 0 Å². The van der Waals surface area contributed by atoms with Gasteiger partial charge in [0.15, 0.2) is 6.10 Å². The van der Waals surface area contributed by atoms with E-state index in [1.165, 1.54) is 270 Å². The van der Waals surface area contributed by atoms with Crippen LogP contribution in [0.4, 0.5) is 0 Å². The molecule has 0 aliphatic heterocycles. The van der Waals surface area contributed by atoms with Gasteiger partial charge in [-0.15, -0.1) is 0 Å². The third-order valence-electron chi connectivity index (χ3n) is 16.1. The number of esters is 3. The van der Waals surface area contributed by atoms with E-state index in [9.17, 15) is 14.4 Å². The van der Waals surface area contributed by atoms with Gasteiger partial charge in [-0.05, 0) is 83.5 Å². The SMILES string of the molecule is CCCCC/C=C\CCCCCCCC(=O)OCC(COC(=O)CCCCCCCCCCCCCCCCCCCC/C=C\C/C=C\C/C=C\CCCCCCC)OC(=O)CCCCCCCCCCCCCCCCCCC. The van der Waals surface area contributed by atoms with Crippen molar-refractivity contribution in [3.8, 4) is 0 Å². The molecule has 0 rings (SSSR count). The minimum atomic E-state index is -0.773. The lowest BCUT2D eigenvalue weighted by molar-refractivity contribution is -0.167. The summed E-state index contributed by atoms with van der Waals surface area (Å²) < 4.78 is 17.0. The summed E-state index contributed by atoms with van der Waals surface area (Å²) >= 11 is 0. The fraction of sp³-hybridized carbons (Fsp3) is 0.851. The van der Waals surface area contributed by atoms with Crippen molar-refractivity contribution >= 4 is 17.9 Å². The summed E-state index contributed by atoms with van der Waals surface area (Å²) in [5.74, 6) is -0.853. The zero-order chi connectivity index (χ0) is 57.8. The molecule has 6 nitrogen and oxygen atoms in total. The van der Waals surface area contributed by atoms with Gasteiger partial charge in [0.05, 0.1) is 0 Å². The first-order valence-corrected chi connectivity index (χ1v) is 35.6. The molecule has 80 heavy (non-hydrogen) atoms. The molecule has 0 spiro atoms. The van der Waals surface area contributed by atoms with E-state index in [1.54, 1.807) is 0 Å². The van der Waals surface area contributed by atoms with Crippen LogP contribution in [0.3, 0.4) is 0 Å². The molecule has 0 fully saturated rings. The minimum absolute atomic E-state index is 0.0699. The number of unbranched alkanes of at least 4 members (excludes halogenated alkanes) is 47. The average molecular weight is 1120 g/mol. The van der Waals surface area contributed by atoms with Crippen LogP contribution in [0.2, 0.25) is 0 Å². The van der Waals surface area contributed by atoms with E-state index in [1.807, 2.05) is 0 Å². The van der Waals surface area contributed by atoms with Gasteiger partial charge in [-0.2, -0.15) is 0 Å². The first-order chi connectivity index (χ1) is 39.5. The van der Waals surface area contributed by atoms with Gasteiger partial charge in [-0.25, -0.2) is 0 Å². The van der Waals surface area contributed by atoms with Crippen LogP contribution in [0, 0.1) is 0 Å². The molecule has 0 heterocycles. The summed E-state index contributed by atoms with van der Waals surface area (Å²) in [5.41, 5.74) is 0. The number of hydrogen-bond donors (Lipinski definition) is 0. The molecule has 0 saturated carbocycles. The molecule has 1 atom stereocenters. The Bertz CT molecular complexity index is 1380. The summed E-state index contributed by atoms with van der Waals surface area (Å²) in [5, 5.41) is 0. The minimum Gasteiger partial charge on any atom is -0.462 e. The zero-order valence-corrected chi connectivity index (χ0v) is 53.9. The fourth-order valence-electron chi connectivity index (χ4n) is 10.7. The summed E-state index contributed by atoms with van der Waals surface area (Å²) in [7, 11) is 0. The average Bonchev–Trinajstić information content (AvgIpc) is 3.46. The maximum atomic E-state index is 12.9. The Morgan fingerprint density at radius 2 is 0.450 bits per heavy atom. The van der Waals surface area contributed by atoms with Gasteiger partial charge in [0, 0.05) is 19.3 Å². The summed E-state index contributed by atoms with van der Waals surface area (Å²) in [4.78, 5) is 38.3. The highest BCUT2D eigenvalue weighted by Gasteiger charge is 2.19. The van der Waals surface area contributed by atoms with Gasteiger partial charge in [0.1, 0.15) is 13.2 Å². The lowest BCUT2D eigenvalue weighted by atomic mass is 10.0. The molecule has 0 aliphatic rings. The number of hydrogen-bond acceptors (Lipinski definition) is 6. The first kappa shape index (κ1) is 77.4. The molecule has 0 radical (unpaired) electrons.